The maximum absolute atomic E-state index is 13.4. The summed E-state index contributed by atoms with van der Waals surface area (Å²) in [4.78, 5) is 15.0. The van der Waals surface area contributed by atoms with Gasteiger partial charge in [0, 0.05) is 6.04 Å². The number of carbonyl (C=O) groups is 1. The molecule has 1 atom stereocenters. The molecule has 1 aliphatic rings. The number of hydrogen-bond acceptors (Lipinski definition) is 5. The van der Waals surface area contributed by atoms with Crippen LogP contribution in [0.5, 0.6) is 5.75 Å². The second-order valence-corrected chi connectivity index (χ2v) is 9.90. The highest BCUT2D eigenvalue weighted by molar-refractivity contribution is 9.10. The molecule has 2 heterocycles. The van der Waals surface area contributed by atoms with Crippen molar-refractivity contribution in [3.8, 4) is 5.75 Å². The molecule has 6 nitrogen and oxygen atoms in total. The highest BCUT2D eigenvalue weighted by Gasteiger charge is 2.36. The van der Waals surface area contributed by atoms with Crippen LogP contribution in [0.25, 0.3) is 0 Å². The van der Waals surface area contributed by atoms with Crippen molar-refractivity contribution in [1.82, 2.24) is 4.90 Å². The van der Waals surface area contributed by atoms with Gasteiger partial charge in [0.2, 0.25) is 0 Å². The molecule has 2 aromatic rings. The van der Waals surface area contributed by atoms with E-state index in [0.29, 0.717) is 34.8 Å². The lowest BCUT2D eigenvalue weighted by atomic mass is 10.1. The van der Waals surface area contributed by atoms with Gasteiger partial charge in [-0.15, -0.1) is 0 Å². The Labute approximate surface area is 173 Å². The number of unbranched alkanes of at least 4 members (excludes halogenated alkanes) is 1. The zero-order chi connectivity index (χ0) is 20.1. The Bertz CT molecular complexity index is 924. The van der Waals surface area contributed by atoms with Crippen LogP contribution in [-0.4, -0.2) is 43.4 Å². The predicted octanol–water partition coefficient (Wildman–Crippen LogP) is 4.05. The Kier molecular flexibility index (Phi) is 6.82. The van der Waals surface area contributed by atoms with Gasteiger partial charge in [0.1, 0.15) is 11.5 Å². The molecule has 1 aromatic carbocycles. The van der Waals surface area contributed by atoms with E-state index in [4.69, 9.17) is 9.15 Å². The van der Waals surface area contributed by atoms with Gasteiger partial charge in [-0.2, -0.15) is 0 Å². The quantitative estimate of drug-likeness (QED) is 0.544. The van der Waals surface area contributed by atoms with E-state index in [1.165, 1.54) is 0 Å². The average Bonchev–Trinajstić information content (AvgIpc) is 3.24. The molecule has 0 N–H and O–H groups in total. The van der Waals surface area contributed by atoms with Crippen molar-refractivity contribution in [3.05, 3.63) is 52.4 Å². The van der Waals surface area contributed by atoms with Gasteiger partial charge in [-0.05, 0) is 53.0 Å². The van der Waals surface area contributed by atoms with Gasteiger partial charge in [0.25, 0.3) is 5.91 Å². The van der Waals surface area contributed by atoms with E-state index in [1.807, 2.05) is 6.07 Å². The lowest BCUT2D eigenvalue weighted by Crippen LogP contribution is -2.40. The molecule has 0 saturated carbocycles. The maximum atomic E-state index is 13.4. The molecule has 3 rings (SSSR count). The minimum Gasteiger partial charge on any atom is -0.493 e. The number of hydrogen-bond donors (Lipinski definition) is 0. The third-order valence-electron chi connectivity index (χ3n) is 4.74. The smallest absolute Gasteiger partial charge is 0.258 e. The monoisotopic (exact) mass is 469 g/mol. The average molecular weight is 470 g/mol. The van der Waals surface area contributed by atoms with Crippen LogP contribution in [0, 0.1) is 0 Å². The van der Waals surface area contributed by atoms with Crippen LogP contribution in [-0.2, 0) is 16.4 Å². The first-order valence-corrected chi connectivity index (χ1v) is 12.0. The molecule has 28 heavy (non-hydrogen) atoms. The van der Waals surface area contributed by atoms with Gasteiger partial charge >= 0.3 is 0 Å². The fourth-order valence-electron chi connectivity index (χ4n) is 3.24. The number of benzene rings is 1. The van der Waals surface area contributed by atoms with Crippen LogP contribution in [0.1, 0.15) is 42.3 Å². The Hall–Kier alpha value is -1.80. The van der Waals surface area contributed by atoms with Crippen LogP contribution in [0.3, 0.4) is 0 Å². The van der Waals surface area contributed by atoms with E-state index in [2.05, 4.69) is 22.9 Å². The van der Waals surface area contributed by atoms with E-state index in [1.54, 1.807) is 35.2 Å². The summed E-state index contributed by atoms with van der Waals surface area (Å²) in [6.45, 7) is 2.81. The molecule has 152 valence electrons. The largest absolute Gasteiger partial charge is 0.493 e. The lowest BCUT2D eigenvalue weighted by Gasteiger charge is -2.28. The van der Waals surface area contributed by atoms with Crippen LogP contribution >= 0.6 is 15.9 Å². The zero-order valence-electron chi connectivity index (χ0n) is 15.8. The molecule has 0 bridgehead atoms. The van der Waals surface area contributed by atoms with Gasteiger partial charge in [-0.3, -0.25) is 4.79 Å². The molecule has 1 saturated heterocycles. The number of rotatable bonds is 8. The minimum absolute atomic E-state index is 0.0283. The topological polar surface area (TPSA) is 76.8 Å². The molecule has 0 spiro atoms. The van der Waals surface area contributed by atoms with Crippen molar-refractivity contribution in [1.29, 1.82) is 0 Å². The van der Waals surface area contributed by atoms with Gasteiger partial charge in [0.15, 0.2) is 14.5 Å². The van der Waals surface area contributed by atoms with Crippen molar-refractivity contribution >= 4 is 31.7 Å². The molecule has 1 aromatic heterocycles. The molecular formula is C20H24BrNO5S. The molecule has 8 heteroatoms. The highest BCUT2D eigenvalue weighted by Crippen LogP contribution is 2.27. The molecule has 1 aliphatic heterocycles. The molecule has 1 amide bonds. The van der Waals surface area contributed by atoms with Gasteiger partial charge < -0.3 is 14.1 Å². The van der Waals surface area contributed by atoms with Gasteiger partial charge in [-0.25, -0.2) is 8.42 Å². The Balaban J connectivity index is 1.88. The summed E-state index contributed by atoms with van der Waals surface area (Å²) in [5.41, 5.74) is 0.438. The van der Waals surface area contributed by atoms with Crippen molar-refractivity contribution in [2.75, 3.05) is 18.1 Å². The van der Waals surface area contributed by atoms with E-state index < -0.39 is 9.84 Å². The Morgan fingerprint density at radius 3 is 2.71 bits per heavy atom. The number of halogens is 1. The summed E-state index contributed by atoms with van der Waals surface area (Å²) < 4.78 is 36.0. The summed E-state index contributed by atoms with van der Waals surface area (Å²) >= 11 is 3.27. The molecule has 0 unspecified atom stereocenters. The number of carbonyl (C=O) groups excluding carboxylic acids is 1. The Morgan fingerprint density at radius 2 is 2.07 bits per heavy atom. The van der Waals surface area contributed by atoms with Crippen LogP contribution in [0.15, 0.2) is 45.5 Å². The van der Waals surface area contributed by atoms with Crippen LogP contribution in [0.2, 0.25) is 0 Å². The first kappa shape index (κ1) is 20.9. The number of para-hydroxylation sites is 1. The minimum atomic E-state index is -3.14. The number of amides is 1. The van der Waals surface area contributed by atoms with Gasteiger partial charge in [0.05, 0.1) is 30.2 Å². The second-order valence-electron chi connectivity index (χ2n) is 6.89. The zero-order valence-corrected chi connectivity index (χ0v) is 18.2. The second kappa shape index (κ2) is 9.13. The first-order valence-electron chi connectivity index (χ1n) is 9.37. The summed E-state index contributed by atoms with van der Waals surface area (Å²) in [5.74, 6) is 0.931. The number of furan rings is 1. The number of ether oxygens (including phenoxy) is 1. The van der Waals surface area contributed by atoms with E-state index in [-0.39, 0.29) is 30.0 Å². The summed E-state index contributed by atoms with van der Waals surface area (Å²) in [7, 11) is -3.14. The summed E-state index contributed by atoms with van der Waals surface area (Å²) in [6, 6.07) is 10.3. The maximum Gasteiger partial charge on any atom is 0.258 e. The highest BCUT2D eigenvalue weighted by atomic mass is 79.9. The van der Waals surface area contributed by atoms with E-state index in [9.17, 15) is 13.2 Å². The fraction of sp³-hybridized carbons (Fsp3) is 0.450. The molecule has 1 fully saturated rings. The molecule has 0 aliphatic carbocycles. The first-order chi connectivity index (χ1) is 13.4. The van der Waals surface area contributed by atoms with Crippen molar-refractivity contribution in [2.45, 2.75) is 38.8 Å². The van der Waals surface area contributed by atoms with Crippen LogP contribution in [0.4, 0.5) is 0 Å². The van der Waals surface area contributed by atoms with Crippen molar-refractivity contribution in [3.63, 3.8) is 0 Å². The third-order valence-corrected chi connectivity index (χ3v) is 6.91. The summed E-state index contributed by atoms with van der Waals surface area (Å²) in [6.07, 6.45) is 2.32. The van der Waals surface area contributed by atoms with E-state index >= 15 is 0 Å². The molecule has 0 radical (unpaired) electrons. The van der Waals surface area contributed by atoms with Crippen molar-refractivity contribution < 1.29 is 22.4 Å². The number of sulfone groups is 1. The fourth-order valence-corrected chi connectivity index (χ4v) is 5.31. The lowest BCUT2D eigenvalue weighted by molar-refractivity contribution is 0.0661. The van der Waals surface area contributed by atoms with Crippen LogP contribution < -0.4 is 4.74 Å². The Morgan fingerprint density at radius 1 is 1.29 bits per heavy atom. The predicted molar refractivity (Wildman–Crippen MR) is 110 cm³/mol. The normalized spacial score (nSPS) is 18.1. The van der Waals surface area contributed by atoms with Crippen molar-refractivity contribution in [2.24, 2.45) is 0 Å². The number of nitrogens with zero attached hydrogens (tertiary/aromatic N) is 1. The summed E-state index contributed by atoms with van der Waals surface area (Å²) in [5, 5.41) is 0. The standard InChI is InChI=1S/C20H24BrNO5S/c1-2-3-11-26-18-7-5-4-6-17(18)20(23)22(13-16-8-9-19(21)27-16)15-10-12-28(24,25)14-15/h4-9,15H,2-3,10-14H2,1H3/t15-/m0/s1. The van der Waals surface area contributed by atoms with Gasteiger partial charge in [-0.1, -0.05) is 25.5 Å². The van der Waals surface area contributed by atoms with E-state index in [0.717, 1.165) is 12.8 Å². The third kappa shape index (κ3) is 5.17. The SMILES string of the molecule is CCCCOc1ccccc1C(=O)N(Cc1ccc(Br)o1)[C@H]1CCS(=O)(=O)C1. The molecular weight excluding hydrogens is 446 g/mol.